The molecule has 0 aromatic heterocycles. The Morgan fingerprint density at radius 1 is 1.09 bits per heavy atom. The van der Waals surface area contributed by atoms with Crippen molar-refractivity contribution in [3.8, 4) is 0 Å². The first-order chi connectivity index (χ1) is 10.3. The highest BCUT2D eigenvalue weighted by Crippen LogP contribution is 2.24. The fraction of sp³-hybridized carbons (Fsp3) is 0.308. The number of nitrogens with one attached hydrogen (secondary N) is 4. The molecule has 0 heterocycles. The first-order valence-corrected chi connectivity index (χ1v) is 7.15. The van der Waals surface area contributed by atoms with Crippen molar-refractivity contribution in [2.45, 2.75) is 0 Å². The quantitative estimate of drug-likeness (QED) is 0.599. The molecule has 0 fully saturated rings. The lowest BCUT2D eigenvalue weighted by atomic mass is 10.3. The van der Waals surface area contributed by atoms with Crippen LogP contribution in [0.15, 0.2) is 18.2 Å². The summed E-state index contributed by atoms with van der Waals surface area (Å²) in [7, 11) is 3.07. The van der Waals surface area contributed by atoms with Crippen molar-refractivity contribution in [1.82, 2.24) is 10.6 Å². The van der Waals surface area contributed by atoms with Gasteiger partial charge in [0.1, 0.15) is 0 Å². The molecule has 0 aliphatic carbocycles. The number of urea groups is 1. The topological polar surface area (TPSA) is 91.7 Å². The summed E-state index contributed by atoms with van der Waals surface area (Å²) in [6, 6.07) is 4.15. The molecule has 0 aliphatic rings. The van der Waals surface area contributed by atoms with Crippen LogP contribution in [0, 0.1) is 0 Å². The van der Waals surface area contributed by atoms with Crippen molar-refractivity contribution in [2.24, 2.45) is 0 Å². The van der Waals surface area contributed by atoms with Crippen LogP contribution in [-0.4, -0.2) is 45.0 Å². The zero-order valence-electron chi connectivity index (χ0n) is 12.1. The third kappa shape index (κ3) is 6.30. The summed E-state index contributed by atoms with van der Waals surface area (Å²) in [6.07, 6.45) is 0. The summed E-state index contributed by atoms with van der Waals surface area (Å²) in [6.45, 7) is 0.0453. The predicted octanol–water partition coefficient (Wildman–Crippen LogP) is -0.0978. The third-order valence-corrected chi connectivity index (χ3v) is 3.35. The Morgan fingerprint density at radius 2 is 1.73 bits per heavy atom. The molecule has 0 spiro atoms. The summed E-state index contributed by atoms with van der Waals surface area (Å²) in [5.74, 6) is -0.761. The van der Waals surface area contributed by atoms with E-state index in [2.05, 4.69) is 16.0 Å². The maximum absolute atomic E-state index is 11.9. The van der Waals surface area contributed by atoms with Gasteiger partial charge in [0, 0.05) is 12.7 Å². The number of likely N-dealkylation sites (N-methyl/N-ethyl adjacent to an activating group) is 1. The lowest BCUT2D eigenvalue weighted by Crippen LogP contribution is -3.11. The van der Waals surface area contributed by atoms with E-state index in [1.807, 2.05) is 0 Å². The van der Waals surface area contributed by atoms with Gasteiger partial charge in [-0.25, -0.2) is 4.79 Å². The Labute approximate surface area is 137 Å². The highest BCUT2D eigenvalue weighted by molar-refractivity contribution is 6.42. The average molecular weight is 348 g/mol. The Bertz CT molecular complexity index is 580. The van der Waals surface area contributed by atoms with E-state index < -0.39 is 11.9 Å². The number of carbonyl (C=O) groups is 3. The number of hydrogen-bond donors (Lipinski definition) is 4. The van der Waals surface area contributed by atoms with E-state index >= 15 is 0 Å². The van der Waals surface area contributed by atoms with Gasteiger partial charge in [-0.05, 0) is 18.2 Å². The Morgan fingerprint density at radius 3 is 2.32 bits per heavy atom. The van der Waals surface area contributed by atoms with Crippen molar-refractivity contribution in [3.63, 3.8) is 0 Å². The second-order valence-corrected chi connectivity index (χ2v) is 5.43. The molecule has 4 N–H and O–H groups in total. The van der Waals surface area contributed by atoms with Crippen molar-refractivity contribution >= 4 is 46.7 Å². The van der Waals surface area contributed by atoms with Crippen LogP contribution in [0.1, 0.15) is 0 Å². The molecule has 4 amide bonds. The Kier molecular flexibility index (Phi) is 7.10. The fourth-order valence-corrected chi connectivity index (χ4v) is 1.92. The summed E-state index contributed by atoms with van der Waals surface area (Å²) in [5, 5.41) is 7.78. The smallest absolute Gasteiger partial charge is 0.321 e. The average Bonchev–Trinajstić information content (AvgIpc) is 2.42. The van der Waals surface area contributed by atoms with E-state index in [1.165, 1.54) is 13.1 Å². The van der Waals surface area contributed by atoms with Gasteiger partial charge < -0.3 is 15.5 Å². The number of quaternary nitrogens is 1. The molecule has 1 atom stereocenters. The minimum atomic E-state index is -0.585. The maximum atomic E-state index is 11.9. The number of amides is 4. The van der Waals surface area contributed by atoms with Crippen LogP contribution >= 0.6 is 23.2 Å². The fourth-order valence-electron chi connectivity index (χ4n) is 1.62. The van der Waals surface area contributed by atoms with Gasteiger partial charge in [0.05, 0.1) is 17.1 Å². The summed E-state index contributed by atoms with van der Waals surface area (Å²) < 4.78 is 0. The monoisotopic (exact) mass is 347 g/mol. The summed E-state index contributed by atoms with van der Waals surface area (Å²) in [4.78, 5) is 34.9. The molecular formula is C13H17Cl2N4O3+. The van der Waals surface area contributed by atoms with Crippen molar-refractivity contribution in [1.29, 1.82) is 0 Å². The van der Waals surface area contributed by atoms with Gasteiger partial charge in [-0.2, -0.15) is 0 Å². The van der Waals surface area contributed by atoms with E-state index in [0.29, 0.717) is 20.6 Å². The highest BCUT2D eigenvalue weighted by Gasteiger charge is 2.16. The first-order valence-electron chi connectivity index (χ1n) is 6.39. The minimum Gasteiger partial charge on any atom is -0.341 e. The molecule has 9 heteroatoms. The molecule has 7 nitrogen and oxygen atoms in total. The Hall–Kier alpha value is -1.83. The van der Waals surface area contributed by atoms with Crippen LogP contribution in [0.2, 0.25) is 10.0 Å². The largest absolute Gasteiger partial charge is 0.341 e. The lowest BCUT2D eigenvalue weighted by molar-refractivity contribution is -0.862. The standard InChI is InChI=1S/C13H16Cl2N4O3/c1-16-13(22)18-12(21)7-19(2)6-11(20)17-8-3-4-9(14)10(15)5-8/h3-5H,6-7H2,1-2H3,(H,17,20)(H2,16,18,21,22)/p+1. The minimum absolute atomic E-state index is 0.0117. The number of anilines is 1. The summed E-state index contributed by atoms with van der Waals surface area (Å²) >= 11 is 11.6. The molecule has 1 aromatic carbocycles. The second-order valence-electron chi connectivity index (χ2n) is 4.62. The van der Waals surface area contributed by atoms with Crippen molar-refractivity contribution in [2.75, 3.05) is 32.5 Å². The van der Waals surface area contributed by atoms with Gasteiger partial charge in [0.2, 0.25) is 0 Å². The van der Waals surface area contributed by atoms with Gasteiger partial charge in [0.25, 0.3) is 11.8 Å². The highest BCUT2D eigenvalue weighted by atomic mass is 35.5. The number of benzene rings is 1. The van der Waals surface area contributed by atoms with Gasteiger partial charge in [-0.1, -0.05) is 23.2 Å². The van der Waals surface area contributed by atoms with E-state index in [1.54, 1.807) is 19.2 Å². The molecule has 1 rings (SSSR count). The van der Waals surface area contributed by atoms with Crippen LogP contribution in [0.3, 0.4) is 0 Å². The SMILES string of the molecule is CNC(=O)NC(=O)C[NH+](C)CC(=O)Nc1ccc(Cl)c(Cl)c1. The molecule has 0 radical (unpaired) electrons. The zero-order valence-corrected chi connectivity index (χ0v) is 13.6. The van der Waals surface area contributed by atoms with Gasteiger partial charge in [-0.3, -0.25) is 14.9 Å². The normalized spacial score (nSPS) is 11.5. The number of halogens is 2. The number of carbonyl (C=O) groups excluding carboxylic acids is 3. The molecule has 0 aliphatic heterocycles. The second kappa shape index (κ2) is 8.57. The van der Waals surface area contributed by atoms with Gasteiger partial charge >= 0.3 is 6.03 Å². The molecule has 120 valence electrons. The van der Waals surface area contributed by atoms with E-state index in [9.17, 15) is 14.4 Å². The van der Waals surface area contributed by atoms with Gasteiger partial charge in [0.15, 0.2) is 13.1 Å². The van der Waals surface area contributed by atoms with E-state index in [4.69, 9.17) is 23.2 Å². The zero-order chi connectivity index (χ0) is 16.7. The van der Waals surface area contributed by atoms with Crippen LogP contribution in [0.5, 0.6) is 0 Å². The molecule has 1 unspecified atom stereocenters. The number of imide groups is 1. The lowest BCUT2D eigenvalue weighted by Gasteiger charge is -2.13. The maximum Gasteiger partial charge on any atom is 0.321 e. The molecule has 22 heavy (non-hydrogen) atoms. The van der Waals surface area contributed by atoms with Gasteiger partial charge in [-0.15, -0.1) is 0 Å². The predicted molar refractivity (Wildman–Crippen MR) is 84.3 cm³/mol. The van der Waals surface area contributed by atoms with E-state index in [0.717, 1.165) is 0 Å². The van der Waals surface area contributed by atoms with Crippen LogP contribution in [0.25, 0.3) is 0 Å². The molecule has 1 aromatic rings. The molecular weight excluding hydrogens is 331 g/mol. The Balaban J connectivity index is 2.45. The van der Waals surface area contributed by atoms with Crippen LogP contribution in [-0.2, 0) is 9.59 Å². The molecule has 0 bridgehead atoms. The molecule has 0 saturated carbocycles. The third-order valence-electron chi connectivity index (χ3n) is 2.61. The molecule has 0 saturated heterocycles. The van der Waals surface area contributed by atoms with Crippen LogP contribution < -0.4 is 20.9 Å². The van der Waals surface area contributed by atoms with Crippen molar-refractivity contribution in [3.05, 3.63) is 28.2 Å². The number of rotatable bonds is 5. The van der Waals surface area contributed by atoms with E-state index in [-0.39, 0.29) is 19.0 Å². The van der Waals surface area contributed by atoms with Crippen LogP contribution in [0.4, 0.5) is 10.5 Å². The van der Waals surface area contributed by atoms with Crippen molar-refractivity contribution < 1.29 is 19.3 Å². The summed E-state index contributed by atoms with van der Waals surface area (Å²) in [5.41, 5.74) is 0.516. The first kappa shape index (κ1) is 18.2. The number of hydrogen-bond acceptors (Lipinski definition) is 3.